The van der Waals surface area contributed by atoms with Gasteiger partial charge in [-0.3, -0.25) is 9.59 Å². The van der Waals surface area contributed by atoms with Crippen LogP contribution < -0.4 is 22.9 Å². The average Bonchev–Trinajstić information content (AvgIpc) is 2.97. The predicted molar refractivity (Wildman–Crippen MR) is 151 cm³/mol. The van der Waals surface area contributed by atoms with Crippen molar-refractivity contribution in [2.24, 2.45) is 22.9 Å². The molecule has 0 spiro atoms. The van der Waals surface area contributed by atoms with Crippen LogP contribution >= 0.6 is 0 Å². The largest absolute Gasteiger partial charge is 0.326 e. The van der Waals surface area contributed by atoms with Gasteiger partial charge in [-0.25, -0.2) is 0 Å². The number of carbonyl (C=O) groups excluding carboxylic acids is 2. The monoisotopic (exact) mass is 506 g/mol. The molecule has 0 aromatic heterocycles. The lowest BCUT2D eigenvalue weighted by Gasteiger charge is -2.08. The first kappa shape index (κ1) is 28.5. The first-order valence-electron chi connectivity index (χ1n) is 12.6. The van der Waals surface area contributed by atoms with Crippen molar-refractivity contribution in [1.82, 2.24) is 0 Å². The fourth-order valence-electron chi connectivity index (χ4n) is 3.72. The standard InChI is InChI=1S/C32H34N4O2/c33-21-25-5-1-23(2-6-25)9-15-29(37)17-19-31(35)27-11-13-28(14-12-27)32(36)20-18-30(38)16-10-24-3-7-26(22-34)8-4-24/h1-8,11-14,31-32H,9-10,15-16,21-22,33-36H2. The molecule has 3 aromatic rings. The van der Waals surface area contributed by atoms with E-state index >= 15 is 0 Å². The maximum absolute atomic E-state index is 12.2. The van der Waals surface area contributed by atoms with E-state index in [0.717, 1.165) is 33.4 Å². The van der Waals surface area contributed by atoms with Gasteiger partial charge in [-0.1, -0.05) is 84.6 Å². The molecule has 2 unspecified atom stereocenters. The summed E-state index contributed by atoms with van der Waals surface area (Å²) in [5, 5.41) is 0. The van der Waals surface area contributed by atoms with Gasteiger partial charge >= 0.3 is 0 Å². The molecular formula is C32H34N4O2. The molecule has 0 bridgehead atoms. The summed E-state index contributed by atoms with van der Waals surface area (Å²) in [7, 11) is 0. The number of ketones is 2. The minimum absolute atomic E-state index is 0.158. The third-order valence-electron chi connectivity index (χ3n) is 6.19. The summed E-state index contributed by atoms with van der Waals surface area (Å²) in [5.41, 5.74) is 29.3. The minimum atomic E-state index is -0.598. The van der Waals surface area contributed by atoms with Crippen molar-refractivity contribution in [2.45, 2.75) is 50.9 Å². The molecule has 6 nitrogen and oxygen atoms in total. The number of hydrogen-bond donors (Lipinski definition) is 4. The molecule has 0 aliphatic rings. The van der Waals surface area contributed by atoms with Gasteiger partial charge in [0.1, 0.15) is 0 Å². The van der Waals surface area contributed by atoms with Crippen LogP contribution in [0.5, 0.6) is 0 Å². The van der Waals surface area contributed by atoms with Crippen LogP contribution in [0, 0.1) is 23.7 Å². The Labute approximate surface area is 224 Å². The zero-order valence-electron chi connectivity index (χ0n) is 21.5. The summed E-state index contributed by atoms with van der Waals surface area (Å²) >= 11 is 0. The normalized spacial score (nSPS) is 11.9. The fourth-order valence-corrected chi connectivity index (χ4v) is 3.72. The highest BCUT2D eigenvalue weighted by atomic mass is 16.1. The second-order valence-corrected chi connectivity index (χ2v) is 9.05. The third kappa shape index (κ3) is 9.12. The molecule has 38 heavy (non-hydrogen) atoms. The molecule has 0 saturated carbocycles. The second-order valence-electron chi connectivity index (χ2n) is 9.05. The van der Waals surface area contributed by atoms with Crippen molar-refractivity contribution >= 4 is 11.6 Å². The first-order chi connectivity index (χ1) is 18.4. The molecule has 3 rings (SSSR count). The molecule has 0 radical (unpaired) electrons. The second kappa shape index (κ2) is 14.6. The number of hydrogen-bond acceptors (Lipinski definition) is 6. The van der Waals surface area contributed by atoms with E-state index in [1.165, 1.54) is 0 Å². The molecule has 2 atom stereocenters. The topological polar surface area (TPSA) is 138 Å². The van der Waals surface area contributed by atoms with Gasteiger partial charge in [0.05, 0.1) is 12.1 Å². The maximum atomic E-state index is 12.2. The number of carbonyl (C=O) groups is 2. The van der Waals surface area contributed by atoms with E-state index in [9.17, 15) is 9.59 Å². The van der Waals surface area contributed by atoms with Gasteiger partial charge in [0.25, 0.3) is 0 Å². The van der Waals surface area contributed by atoms with Crippen LogP contribution in [0.15, 0.2) is 72.8 Å². The Morgan fingerprint density at radius 2 is 0.868 bits per heavy atom. The molecule has 0 amide bonds. The van der Waals surface area contributed by atoms with Crippen molar-refractivity contribution in [1.29, 1.82) is 0 Å². The smallest absolute Gasteiger partial charge is 0.205 e. The molecule has 0 aliphatic heterocycles. The van der Waals surface area contributed by atoms with Crippen LogP contribution in [-0.4, -0.2) is 11.6 Å². The molecule has 8 N–H and O–H groups in total. The van der Waals surface area contributed by atoms with Gasteiger partial charge < -0.3 is 22.9 Å². The summed E-state index contributed by atoms with van der Waals surface area (Å²) < 4.78 is 0. The van der Waals surface area contributed by atoms with E-state index in [1.807, 2.05) is 72.8 Å². The molecule has 194 valence electrons. The van der Waals surface area contributed by atoms with Crippen LogP contribution in [0.25, 0.3) is 0 Å². The quantitative estimate of drug-likeness (QED) is 0.246. The zero-order chi connectivity index (χ0) is 27.3. The highest BCUT2D eigenvalue weighted by Crippen LogP contribution is 2.15. The molecule has 0 saturated heterocycles. The van der Waals surface area contributed by atoms with Crippen LogP contribution in [0.4, 0.5) is 0 Å². The van der Waals surface area contributed by atoms with E-state index < -0.39 is 12.1 Å². The zero-order valence-corrected chi connectivity index (χ0v) is 21.5. The van der Waals surface area contributed by atoms with Gasteiger partial charge in [0.2, 0.25) is 11.6 Å². The van der Waals surface area contributed by atoms with Crippen LogP contribution in [0.2, 0.25) is 0 Å². The van der Waals surface area contributed by atoms with Gasteiger partial charge in [-0.2, -0.15) is 0 Å². The number of rotatable bonds is 10. The first-order valence-corrected chi connectivity index (χ1v) is 12.6. The summed E-state index contributed by atoms with van der Waals surface area (Å²) in [4.78, 5) is 24.4. The Morgan fingerprint density at radius 1 is 0.553 bits per heavy atom. The highest BCUT2D eigenvalue weighted by Gasteiger charge is 2.07. The summed E-state index contributed by atoms with van der Waals surface area (Å²) in [5.74, 6) is 10.6. The lowest BCUT2D eigenvalue weighted by Crippen LogP contribution is -2.11. The van der Waals surface area contributed by atoms with Crippen molar-refractivity contribution in [3.63, 3.8) is 0 Å². The van der Waals surface area contributed by atoms with E-state index in [2.05, 4.69) is 23.7 Å². The van der Waals surface area contributed by atoms with Crippen molar-refractivity contribution in [3.05, 3.63) is 106 Å². The summed E-state index contributed by atoms with van der Waals surface area (Å²) in [6.45, 7) is 0.990. The van der Waals surface area contributed by atoms with Gasteiger partial charge in [0.15, 0.2) is 0 Å². The third-order valence-corrected chi connectivity index (χ3v) is 6.19. The Hall–Kier alpha value is -4.04. The highest BCUT2D eigenvalue weighted by molar-refractivity contribution is 5.96. The fraction of sp³-hybridized carbons (Fsp3) is 0.250. The average molecular weight is 507 g/mol. The SMILES string of the molecule is NCc1ccc(CCC(=O)C#CC(N)c2ccc(C(N)C#CC(=O)CCc3ccc(CN)cc3)cc2)cc1. The number of aryl methyl sites for hydroxylation is 2. The summed E-state index contributed by atoms with van der Waals surface area (Å²) in [6.07, 6.45) is 1.89. The van der Waals surface area contributed by atoms with Crippen molar-refractivity contribution in [2.75, 3.05) is 0 Å². The Kier molecular flexibility index (Phi) is 11.0. The Balaban J connectivity index is 1.47. The number of nitrogens with two attached hydrogens (primary N) is 4. The Morgan fingerprint density at radius 3 is 1.18 bits per heavy atom. The number of Topliss-reactive ketones (excluding diaryl/α,β-unsaturated/α-hetero) is 2. The van der Waals surface area contributed by atoms with Crippen LogP contribution in [0.3, 0.4) is 0 Å². The summed E-state index contributed by atoms with van der Waals surface area (Å²) in [6, 6.07) is 21.8. The maximum Gasteiger partial charge on any atom is 0.205 e. The van der Waals surface area contributed by atoms with Gasteiger partial charge in [-0.05, 0) is 58.1 Å². The Bertz CT molecular complexity index is 1230. The molecule has 0 aliphatic carbocycles. The molecule has 0 fully saturated rings. The van der Waals surface area contributed by atoms with Gasteiger partial charge in [-0.15, -0.1) is 0 Å². The van der Waals surface area contributed by atoms with E-state index in [0.29, 0.717) is 38.8 Å². The van der Waals surface area contributed by atoms with E-state index in [1.54, 1.807) is 0 Å². The van der Waals surface area contributed by atoms with E-state index in [-0.39, 0.29) is 11.6 Å². The lowest BCUT2D eigenvalue weighted by molar-refractivity contribution is -0.114. The van der Waals surface area contributed by atoms with Crippen LogP contribution in [0.1, 0.15) is 58.3 Å². The molecule has 6 heteroatoms. The van der Waals surface area contributed by atoms with Gasteiger partial charge in [0, 0.05) is 25.9 Å². The molecule has 0 heterocycles. The van der Waals surface area contributed by atoms with Crippen LogP contribution in [-0.2, 0) is 35.5 Å². The minimum Gasteiger partial charge on any atom is -0.326 e. The number of benzene rings is 3. The van der Waals surface area contributed by atoms with Crippen molar-refractivity contribution < 1.29 is 9.59 Å². The lowest BCUT2D eigenvalue weighted by atomic mass is 10.0. The van der Waals surface area contributed by atoms with E-state index in [4.69, 9.17) is 22.9 Å². The molecule has 3 aromatic carbocycles. The van der Waals surface area contributed by atoms with Crippen molar-refractivity contribution in [3.8, 4) is 23.7 Å². The molecular weight excluding hydrogens is 472 g/mol. The predicted octanol–water partition coefficient (Wildman–Crippen LogP) is 3.01.